The third kappa shape index (κ3) is 3.01. The SMILES string of the molecule is COCC(=O)CC12OC(C)(C)OC1CC1C3CC(F)C4=CC(=O)C=CC4(C)C3(Cl)C(Cl)CC12C. The van der Waals surface area contributed by atoms with Crippen LogP contribution in [0, 0.1) is 22.7 Å². The second-order valence-electron chi connectivity index (χ2n) is 11.7. The molecule has 34 heavy (non-hydrogen) atoms. The normalized spacial score (nSPS) is 50.8. The fraction of sp³-hybridized carbons (Fsp3) is 0.769. The van der Waals surface area contributed by atoms with Gasteiger partial charge >= 0.3 is 0 Å². The van der Waals surface area contributed by atoms with Crippen LogP contribution in [0.5, 0.6) is 0 Å². The molecule has 5 nitrogen and oxygen atoms in total. The summed E-state index contributed by atoms with van der Waals surface area (Å²) in [5.74, 6) is -1.51. The van der Waals surface area contributed by atoms with Gasteiger partial charge in [-0.2, -0.15) is 0 Å². The maximum atomic E-state index is 15.7. The number of alkyl halides is 3. The molecule has 0 radical (unpaired) electrons. The maximum Gasteiger partial charge on any atom is 0.178 e. The quantitative estimate of drug-likeness (QED) is 0.498. The minimum Gasteiger partial charge on any atom is -0.377 e. The lowest BCUT2D eigenvalue weighted by molar-refractivity contribution is -0.215. The molecule has 1 saturated heterocycles. The number of hydrogen-bond donors (Lipinski definition) is 0. The molecule has 8 heteroatoms. The largest absolute Gasteiger partial charge is 0.377 e. The molecule has 9 unspecified atom stereocenters. The molecule has 9 atom stereocenters. The Morgan fingerprint density at radius 3 is 2.62 bits per heavy atom. The molecular formula is C26H33Cl2FO5. The average molecular weight is 515 g/mol. The zero-order valence-corrected chi connectivity index (χ0v) is 21.8. The van der Waals surface area contributed by atoms with Crippen molar-refractivity contribution >= 4 is 34.8 Å². The second kappa shape index (κ2) is 7.61. The zero-order chi connectivity index (χ0) is 24.9. The molecule has 1 heterocycles. The number of rotatable bonds is 4. The predicted molar refractivity (Wildman–Crippen MR) is 127 cm³/mol. The Morgan fingerprint density at radius 2 is 1.94 bits per heavy atom. The molecule has 188 valence electrons. The van der Waals surface area contributed by atoms with Crippen LogP contribution in [-0.2, 0) is 23.8 Å². The van der Waals surface area contributed by atoms with Crippen LogP contribution in [0.25, 0.3) is 0 Å². The molecule has 0 bridgehead atoms. The van der Waals surface area contributed by atoms with Gasteiger partial charge in [-0.3, -0.25) is 9.59 Å². The summed E-state index contributed by atoms with van der Waals surface area (Å²) >= 11 is 14.7. The van der Waals surface area contributed by atoms with E-state index < -0.39 is 38.6 Å². The van der Waals surface area contributed by atoms with Crippen LogP contribution < -0.4 is 0 Å². The first-order chi connectivity index (χ1) is 15.7. The highest BCUT2D eigenvalue weighted by atomic mass is 35.5. The van der Waals surface area contributed by atoms with E-state index in [1.807, 2.05) is 20.8 Å². The third-order valence-electron chi connectivity index (χ3n) is 9.55. The van der Waals surface area contributed by atoms with Gasteiger partial charge in [-0.15, -0.1) is 23.2 Å². The number of carbonyl (C=O) groups is 2. The number of fused-ring (bicyclic) bond motifs is 7. The van der Waals surface area contributed by atoms with Crippen molar-refractivity contribution in [3.63, 3.8) is 0 Å². The van der Waals surface area contributed by atoms with Crippen LogP contribution >= 0.6 is 23.2 Å². The molecule has 0 aromatic rings. The van der Waals surface area contributed by atoms with Crippen LogP contribution in [0.15, 0.2) is 23.8 Å². The predicted octanol–water partition coefficient (Wildman–Crippen LogP) is 4.93. The van der Waals surface area contributed by atoms with E-state index in [0.29, 0.717) is 18.4 Å². The summed E-state index contributed by atoms with van der Waals surface area (Å²) in [6, 6.07) is 0. The van der Waals surface area contributed by atoms with Gasteiger partial charge in [0.05, 0.1) is 16.4 Å². The van der Waals surface area contributed by atoms with E-state index in [9.17, 15) is 9.59 Å². The van der Waals surface area contributed by atoms with Crippen LogP contribution in [0.3, 0.4) is 0 Å². The first-order valence-electron chi connectivity index (χ1n) is 12.0. The Hall–Kier alpha value is -0.790. The van der Waals surface area contributed by atoms with Crippen LogP contribution in [-0.4, -0.2) is 59.2 Å². The van der Waals surface area contributed by atoms with Crippen molar-refractivity contribution in [2.75, 3.05) is 13.7 Å². The molecule has 3 saturated carbocycles. The number of Topliss-reactive ketones (excluding diaryl/α,β-unsaturated/α-hetero) is 1. The highest BCUT2D eigenvalue weighted by Gasteiger charge is 2.78. The van der Waals surface area contributed by atoms with Gasteiger partial charge in [0.25, 0.3) is 0 Å². The summed E-state index contributed by atoms with van der Waals surface area (Å²) in [6.07, 6.45) is 4.38. The van der Waals surface area contributed by atoms with E-state index >= 15 is 4.39 Å². The van der Waals surface area contributed by atoms with Gasteiger partial charge in [0.2, 0.25) is 0 Å². The number of hydrogen-bond acceptors (Lipinski definition) is 5. The van der Waals surface area contributed by atoms with E-state index in [4.69, 9.17) is 37.4 Å². The average Bonchev–Trinajstić information content (AvgIpc) is 3.11. The van der Waals surface area contributed by atoms with Crippen LogP contribution in [0.4, 0.5) is 4.39 Å². The highest BCUT2D eigenvalue weighted by molar-refractivity contribution is 6.34. The number of halogens is 3. The van der Waals surface area contributed by atoms with E-state index in [-0.39, 0.29) is 49.0 Å². The highest BCUT2D eigenvalue weighted by Crippen LogP contribution is 2.74. The Bertz CT molecular complexity index is 996. The molecule has 1 aliphatic heterocycles. The van der Waals surface area contributed by atoms with Crippen molar-refractivity contribution in [1.82, 2.24) is 0 Å². The van der Waals surface area contributed by atoms with Crippen molar-refractivity contribution < 1.29 is 28.2 Å². The van der Waals surface area contributed by atoms with Crippen molar-refractivity contribution in [3.05, 3.63) is 23.8 Å². The van der Waals surface area contributed by atoms with Gasteiger partial charge in [-0.05, 0) is 62.7 Å². The second-order valence-corrected chi connectivity index (χ2v) is 12.8. The number of methoxy groups -OCH3 is 1. The van der Waals surface area contributed by atoms with Gasteiger partial charge in [0, 0.05) is 24.4 Å². The van der Waals surface area contributed by atoms with Crippen LogP contribution in [0.2, 0.25) is 0 Å². The number of carbonyl (C=O) groups excluding carboxylic acids is 2. The summed E-state index contributed by atoms with van der Waals surface area (Å²) in [6.45, 7) is 7.72. The minimum atomic E-state index is -1.30. The Balaban J connectivity index is 1.61. The van der Waals surface area contributed by atoms with E-state index in [0.717, 1.165) is 0 Å². The summed E-state index contributed by atoms with van der Waals surface area (Å²) in [5.41, 5.74) is -1.94. The third-order valence-corrected chi connectivity index (χ3v) is 11.1. The van der Waals surface area contributed by atoms with E-state index in [1.165, 1.54) is 19.3 Å². The van der Waals surface area contributed by atoms with Crippen molar-refractivity contribution in [1.29, 1.82) is 0 Å². The molecule has 0 amide bonds. The molecule has 0 N–H and O–H groups in total. The Labute approximate surface area is 210 Å². The Morgan fingerprint density at radius 1 is 1.24 bits per heavy atom. The van der Waals surface area contributed by atoms with Gasteiger partial charge in [-0.25, -0.2) is 4.39 Å². The van der Waals surface area contributed by atoms with Crippen LogP contribution in [0.1, 0.15) is 53.4 Å². The number of ether oxygens (including phenoxy) is 3. The van der Waals surface area contributed by atoms with Crippen molar-refractivity contribution in [2.24, 2.45) is 22.7 Å². The van der Waals surface area contributed by atoms with Gasteiger partial charge in [0.1, 0.15) is 18.4 Å². The van der Waals surface area contributed by atoms with Gasteiger partial charge in [-0.1, -0.05) is 19.9 Å². The lowest BCUT2D eigenvalue weighted by Gasteiger charge is -2.64. The van der Waals surface area contributed by atoms with Crippen molar-refractivity contribution in [2.45, 2.75) is 87.3 Å². The Kier molecular flexibility index (Phi) is 5.57. The first-order valence-corrected chi connectivity index (χ1v) is 12.9. The molecular weight excluding hydrogens is 482 g/mol. The fourth-order valence-corrected chi connectivity index (χ4v) is 9.39. The summed E-state index contributed by atoms with van der Waals surface area (Å²) < 4.78 is 33.8. The minimum absolute atomic E-state index is 0.0101. The summed E-state index contributed by atoms with van der Waals surface area (Å²) in [4.78, 5) is 24.0. The maximum absolute atomic E-state index is 15.7. The molecule has 5 aliphatic rings. The van der Waals surface area contributed by atoms with E-state index in [2.05, 4.69) is 6.92 Å². The molecule has 0 aromatic carbocycles. The molecule has 4 aliphatic carbocycles. The van der Waals surface area contributed by atoms with Gasteiger partial charge < -0.3 is 14.2 Å². The van der Waals surface area contributed by atoms with Crippen molar-refractivity contribution in [3.8, 4) is 0 Å². The lowest BCUT2D eigenvalue weighted by atomic mass is 9.46. The molecule has 0 spiro atoms. The summed E-state index contributed by atoms with van der Waals surface area (Å²) in [5, 5.41) is -0.542. The van der Waals surface area contributed by atoms with E-state index in [1.54, 1.807) is 6.08 Å². The lowest BCUT2D eigenvalue weighted by Crippen LogP contribution is -2.68. The standard InChI is InChI=1S/C26H33Cl2FO5/c1-22(2)33-21-10-16-17-9-19(29)18-8-14(30)6-7-23(18,3)26(17,28)20(27)12-24(16,4)25(21,34-22)11-15(31)13-32-5/h6-8,16-17,19-21H,9-13H2,1-5H3. The number of allylic oxidation sites excluding steroid dienone is 4. The summed E-state index contributed by atoms with van der Waals surface area (Å²) in [7, 11) is 1.50. The number of ketones is 2. The van der Waals surface area contributed by atoms with Gasteiger partial charge in [0.15, 0.2) is 17.4 Å². The monoisotopic (exact) mass is 514 g/mol. The first kappa shape index (κ1) is 24.9. The molecule has 0 aromatic heterocycles. The fourth-order valence-electron chi connectivity index (χ4n) is 8.19. The topological polar surface area (TPSA) is 61.8 Å². The zero-order valence-electron chi connectivity index (χ0n) is 20.3. The smallest absolute Gasteiger partial charge is 0.178 e. The molecule has 4 fully saturated rings. The molecule has 5 rings (SSSR count).